The summed E-state index contributed by atoms with van der Waals surface area (Å²) in [7, 11) is 0. The summed E-state index contributed by atoms with van der Waals surface area (Å²) < 4.78 is 4.95. The number of rotatable bonds is 4. The van der Waals surface area contributed by atoms with E-state index in [0.717, 1.165) is 18.5 Å². The third kappa shape index (κ3) is 12.6. The van der Waals surface area contributed by atoms with Gasteiger partial charge in [-0.05, 0) is 95.3 Å². The maximum absolute atomic E-state index is 10.8. The fourth-order valence-electron chi connectivity index (χ4n) is 2.90. The minimum absolute atomic E-state index is 0. The number of amides is 1. The Kier molecular flexibility index (Phi) is 12.9. The van der Waals surface area contributed by atoms with Crippen LogP contribution in [0.1, 0.15) is 44.7 Å². The van der Waals surface area contributed by atoms with E-state index in [4.69, 9.17) is 81.1 Å². The lowest BCUT2D eigenvalue weighted by molar-refractivity contribution is -0.118. The van der Waals surface area contributed by atoms with Crippen LogP contribution in [0.2, 0.25) is 0 Å². The van der Waals surface area contributed by atoms with E-state index in [1.54, 1.807) is 6.20 Å². The molecule has 180 valence electrons. The van der Waals surface area contributed by atoms with E-state index < -0.39 is 25.6 Å². The van der Waals surface area contributed by atoms with Gasteiger partial charge in [0.1, 0.15) is 12.2 Å². The lowest BCUT2D eigenvalue weighted by atomic mass is 9.75. The Morgan fingerprint density at radius 3 is 2.00 bits per heavy atom. The fraction of sp³-hybridized carbons (Fsp3) is 0.733. The number of nitrogens with zero attached hydrogens (tertiary/aromatic N) is 3. The van der Waals surface area contributed by atoms with Gasteiger partial charge in [-0.3, -0.25) is 4.79 Å². The van der Waals surface area contributed by atoms with Crippen molar-refractivity contribution in [1.82, 2.24) is 15.0 Å². The van der Waals surface area contributed by atoms with Gasteiger partial charge < -0.3 is 20.9 Å². The van der Waals surface area contributed by atoms with Crippen molar-refractivity contribution >= 4 is 94.1 Å². The van der Waals surface area contributed by atoms with Gasteiger partial charge in [0.05, 0.1) is 11.7 Å². The zero-order valence-corrected chi connectivity index (χ0v) is 21.6. The summed E-state index contributed by atoms with van der Waals surface area (Å²) in [5, 5.41) is 8.00. The highest BCUT2D eigenvalue weighted by molar-refractivity contribution is 6.67. The van der Waals surface area contributed by atoms with Crippen LogP contribution in [0.25, 0.3) is 0 Å². The quantitative estimate of drug-likeness (QED) is 0.386. The van der Waals surface area contributed by atoms with E-state index in [2.05, 4.69) is 19.8 Å². The average Bonchev–Trinajstić information content (AvgIpc) is 3.01. The first-order chi connectivity index (χ1) is 13.6. The van der Waals surface area contributed by atoms with Crippen molar-refractivity contribution in [3.63, 3.8) is 0 Å². The number of aromatic nitrogens is 3. The molecule has 0 spiro atoms. The molecule has 16 heteroatoms. The van der Waals surface area contributed by atoms with Crippen molar-refractivity contribution in [2.75, 3.05) is 0 Å². The molecule has 0 saturated heterocycles. The summed E-state index contributed by atoms with van der Waals surface area (Å²) in [4.78, 5) is 21.4. The molecular formula is C15H22Cl7N5O4. The molecule has 0 aromatic carbocycles. The predicted molar refractivity (Wildman–Crippen MR) is 123 cm³/mol. The minimum atomic E-state index is -2.24. The van der Waals surface area contributed by atoms with Crippen LogP contribution in [0.3, 0.4) is 0 Å². The van der Waals surface area contributed by atoms with Crippen LogP contribution in [0.15, 0.2) is 6.20 Å². The van der Waals surface area contributed by atoms with E-state index in [1.165, 1.54) is 23.9 Å². The smallest absolute Gasteiger partial charge is 0.382 e. The molecule has 1 amide bonds. The topological polar surface area (TPSA) is 135 Å². The van der Waals surface area contributed by atoms with Crippen molar-refractivity contribution in [3.8, 4) is 0 Å². The normalized spacial score (nSPS) is 16.8. The Morgan fingerprint density at radius 2 is 1.58 bits per heavy atom. The molecule has 1 heterocycles. The van der Waals surface area contributed by atoms with Gasteiger partial charge in [0.15, 0.2) is 0 Å². The van der Waals surface area contributed by atoms with Gasteiger partial charge in [-0.15, -0.1) is 17.5 Å². The largest absolute Gasteiger partial charge is 0.515 e. The molecule has 1 aromatic rings. The van der Waals surface area contributed by atoms with Gasteiger partial charge in [-0.1, -0.05) is 24.5 Å². The highest BCUT2D eigenvalue weighted by Gasteiger charge is 2.35. The molecule has 1 aliphatic carbocycles. The maximum Gasteiger partial charge on any atom is 0.515 e. The van der Waals surface area contributed by atoms with Gasteiger partial charge in [0.25, 0.3) is 0 Å². The average molecular weight is 585 g/mol. The zero-order chi connectivity index (χ0) is 23.2. The second kappa shape index (κ2) is 12.9. The fourth-order valence-corrected chi connectivity index (χ4v) is 3.28. The summed E-state index contributed by atoms with van der Waals surface area (Å²) in [5.41, 5.74) is 11.8. The highest BCUT2D eigenvalue weighted by Crippen LogP contribution is 2.36. The van der Waals surface area contributed by atoms with Gasteiger partial charge in [0.2, 0.25) is 5.91 Å². The molecule has 9 nitrogen and oxygen atoms in total. The van der Waals surface area contributed by atoms with E-state index in [9.17, 15) is 9.59 Å². The molecule has 2 rings (SSSR count). The van der Waals surface area contributed by atoms with Crippen LogP contribution in [0.5, 0.6) is 0 Å². The Morgan fingerprint density at radius 1 is 1.10 bits per heavy atom. The van der Waals surface area contributed by atoms with Gasteiger partial charge >= 0.3 is 14.1 Å². The molecule has 1 atom stereocenters. The number of ether oxygens (including phenoxy) is 2. The summed E-state index contributed by atoms with van der Waals surface area (Å²) in [5.74, 6) is 0.00724. The number of halogens is 7. The molecule has 0 radical (unpaired) electrons. The first kappa shape index (κ1) is 30.9. The first-order valence-electron chi connectivity index (χ1n) is 8.63. The SMILES string of the molecule is C[C@@](N)(c1cn(CC(N)=O)nn1)C1CCCCC1.Cl.O=C(OC(Cl)(Cl)Cl)OC(Cl)(Cl)Cl. The summed E-state index contributed by atoms with van der Waals surface area (Å²) in [6.07, 6.45) is 6.35. The van der Waals surface area contributed by atoms with Crippen molar-refractivity contribution in [2.24, 2.45) is 17.4 Å². The number of alkyl halides is 6. The predicted octanol–water partition coefficient (Wildman–Crippen LogP) is 4.73. The lowest BCUT2D eigenvalue weighted by Crippen LogP contribution is -2.42. The first-order valence-corrected chi connectivity index (χ1v) is 10.9. The molecule has 1 aliphatic rings. The highest BCUT2D eigenvalue weighted by atomic mass is 35.6. The number of primary amides is 1. The molecule has 0 unspecified atom stereocenters. The van der Waals surface area contributed by atoms with E-state index in [1.807, 2.05) is 6.92 Å². The van der Waals surface area contributed by atoms with Crippen molar-refractivity contribution < 1.29 is 19.1 Å². The Hall–Kier alpha value is -0.130. The van der Waals surface area contributed by atoms with E-state index in [0.29, 0.717) is 5.92 Å². The molecule has 4 N–H and O–H groups in total. The second-order valence-electron chi connectivity index (χ2n) is 6.73. The van der Waals surface area contributed by atoms with Crippen molar-refractivity contribution in [3.05, 3.63) is 11.9 Å². The number of carbonyl (C=O) groups excluding carboxylic acids is 2. The minimum Gasteiger partial charge on any atom is -0.382 e. The monoisotopic (exact) mass is 581 g/mol. The van der Waals surface area contributed by atoms with Crippen LogP contribution >= 0.6 is 82.0 Å². The molecule has 0 bridgehead atoms. The molecule has 31 heavy (non-hydrogen) atoms. The summed E-state index contributed by atoms with van der Waals surface area (Å²) >= 11 is 30.2. The van der Waals surface area contributed by atoms with Crippen LogP contribution in [-0.4, -0.2) is 35.0 Å². The molecular weight excluding hydrogens is 562 g/mol. The number of nitrogens with two attached hydrogens (primary N) is 2. The van der Waals surface area contributed by atoms with E-state index >= 15 is 0 Å². The number of hydrogen-bond acceptors (Lipinski definition) is 7. The number of hydrogen-bond donors (Lipinski definition) is 2. The van der Waals surface area contributed by atoms with Crippen molar-refractivity contribution in [2.45, 2.75) is 59.1 Å². The summed E-state index contributed by atoms with van der Waals surface area (Å²) in [6, 6.07) is 0. The number of carbonyl (C=O) groups is 2. The Bertz CT molecular complexity index is 697. The molecule has 1 aromatic heterocycles. The summed E-state index contributed by atoms with van der Waals surface area (Å²) in [6.45, 7) is 2.05. The zero-order valence-electron chi connectivity index (χ0n) is 16.2. The van der Waals surface area contributed by atoms with Gasteiger partial charge in [0, 0.05) is 0 Å². The van der Waals surface area contributed by atoms with Crippen molar-refractivity contribution in [1.29, 1.82) is 0 Å². The molecule has 1 fully saturated rings. The third-order valence-electron chi connectivity index (χ3n) is 4.26. The lowest BCUT2D eigenvalue weighted by Gasteiger charge is -2.35. The third-order valence-corrected chi connectivity index (χ3v) is 4.72. The van der Waals surface area contributed by atoms with Crippen LogP contribution < -0.4 is 11.5 Å². The van der Waals surface area contributed by atoms with Gasteiger partial charge in [-0.2, -0.15) is 0 Å². The maximum atomic E-state index is 10.8. The standard InChI is InChI=1S/C12H21N5O.C3Cl6O3.ClH/c1-12(14,9-5-3-2-4-6-9)10-7-17(16-15-10)8-11(13)18;4-2(5,6)11-1(10)12-3(7,8)9;/h7,9H,2-6,8,14H2,1H3,(H2,13,18);;1H/t12-;;/m0../s1. The van der Waals surface area contributed by atoms with Crippen LogP contribution in [-0.2, 0) is 26.4 Å². The second-order valence-corrected chi connectivity index (χ2v) is 11.1. The Labute approximate surface area is 215 Å². The van der Waals surface area contributed by atoms with Crippen LogP contribution in [0.4, 0.5) is 4.79 Å². The molecule has 1 saturated carbocycles. The molecule has 0 aliphatic heterocycles. The van der Waals surface area contributed by atoms with Gasteiger partial charge in [-0.25, -0.2) is 9.48 Å². The van der Waals surface area contributed by atoms with Crippen LogP contribution in [0, 0.1) is 5.92 Å². The Balaban J connectivity index is 0.000000612. The van der Waals surface area contributed by atoms with E-state index in [-0.39, 0.29) is 19.0 Å².